The van der Waals surface area contributed by atoms with E-state index in [0.29, 0.717) is 23.8 Å². The van der Waals surface area contributed by atoms with Crippen LogP contribution in [-0.4, -0.2) is 15.0 Å². The quantitative estimate of drug-likeness (QED) is 0.849. The minimum Gasteiger partial charge on any atom is -0.492 e. The SMILES string of the molecule is CCOc1ccccc1NS(=O)(=O)c1ccc(CN)o1. The summed E-state index contributed by atoms with van der Waals surface area (Å²) in [6.45, 7) is 2.41. The number of hydrogen-bond donors (Lipinski definition) is 2. The zero-order valence-corrected chi connectivity index (χ0v) is 11.8. The van der Waals surface area contributed by atoms with E-state index in [1.807, 2.05) is 6.92 Å². The van der Waals surface area contributed by atoms with Gasteiger partial charge in [0.25, 0.3) is 10.0 Å². The van der Waals surface area contributed by atoms with Crippen LogP contribution < -0.4 is 15.2 Å². The molecule has 0 bridgehead atoms. The molecule has 0 atom stereocenters. The second-order valence-corrected chi connectivity index (χ2v) is 5.57. The van der Waals surface area contributed by atoms with Gasteiger partial charge in [-0.3, -0.25) is 4.72 Å². The molecule has 0 spiro atoms. The molecule has 0 aliphatic carbocycles. The number of anilines is 1. The Hall–Kier alpha value is -1.99. The zero-order valence-electron chi connectivity index (χ0n) is 11.0. The Morgan fingerprint density at radius 1 is 1.25 bits per heavy atom. The lowest BCUT2D eigenvalue weighted by atomic mass is 10.3. The summed E-state index contributed by atoms with van der Waals surface area (Å²) in [6, 6.07) is 9.69. The third-order valence-electron chi connectivity index (χ3n) is 2.53. The van der Waals surface area contributed by atoms with E-state index in [1.54, 1.807) is 24.3 Å². The lowest BCUT2D eigenvalue weighted by Crippen LogP contribution is -2.13. The van der Waals surface area contributed by atoms with Gasteiger partial charge in [0, 0.05) is 0 Å². The molecule has 108 valence electrons. The molecular weight excluding hydrogens is 280 g/mol. The first-order chi connectivity index (χ1) is 9.56. The zero-order chi connectivity index (χ0) is 14.6. The van der Waals surface area contributed by atoms with Crippen molar-refractivity contribution in [3.63, 3.8) is 0 Å². The highest BCUT2D eigenvalue weighted by atomic mass is 32.2. The third-order valence-corrected chi connectivity index (χ3v) is 3.77. The lowest BCUT2D eigenvalue weighted by molar-refractivity contribution is 0.342. The van der Waals surface area contributed by atoms with E-state index in [9.17, 15) is 8.42 Å². The maximum Gasteiger partial charge on any atom is 0.295 e. The molecule has 0 amide bonds. The molecule has 1 aromatic carbocycles. The van der Waals surface area contributed by atoms with Gasteiger partial charge in [-0.15, -0.1) is 0 Å². The van der Waals surface area contributed by atoms with Gasteiger partial charge < -0.3 is 14.9 Å². The highest BCUT2D eigenvalue weighted by Gasteiger charge is 2.20. The van der Waals surface area contributed by atoms with Gasteiger partial charge in [-0.2, -0.15) is 8.42 Å². The van der Waals surface area contributed by atoms with Crippen molar-refractivity contribution in [3.05, 3.63) is 42.2 Å². The second-order valence-electron chi connectivity index (χ2n) is 3.96. The Kier molecular flexibility index (Phi) is 4.31. The predicted octanol–water partition coefficient (Wildman–Crippen LogP) is 1.94. The van der Waals surface area contributed by atoms with E-state index in [1.165, 1.54) is 12.1 Å². The molecule has 0 saturated heterocycles. The number of benzene rings is 1. The molecule has 20 heavy (non-hydrogen) atoms. The fourth-order valence-electron chi connectivity index (χ4n) is 1.64. The van der Waals surface area contributed by atoms with Crippen LogP contribution in [0.4, 0.5) is 5.69 Å². The van der Waals surface area contributed by atoms with E-state index >= 15 is 0 Å². The summed E-state index contributed by atoms with van der Waals surface area (Å²) in [7, 11) is -3.80. The van der Waals surface area contributed by atoms with Crippen LogP contribution in [0.1, 0.15) is 12.7 Å². The Labute approximate surface area is 117 Å². The number of nitrogens with two attached hydrogens (primary N) is 1. The monoisotopic (exact) mass is 296 g/mol. The van der Waals surface area contributed by atoms with E-state index in [-0.39, 0.29) is 11.6 Å². The molecule has 0 saturated carbocycles. The van der Waals surface area contributed by atoms with Crippen LogP contribution in [0, 0.1) is 0 Å². The van der Waals surface area contributed by atoms with Crippen molar-refractivity contribution in [2.75, 3.05) is 11.3 Å². The summed E-state index contributed by atoms with van der Waals surface area (Å²) in [5.41, 5.74) is 5.75. The van der Waals surface area contributed by atoms with Gasteiger partial charge in [0.05, 0.1) is 18.8 Å². The van der Waals surface area contributed by atoms with Crippen LogP contribution in [0.2, 0.25) is 0 Å². The fraction of sp³-hybridized carbons (Fsp3) is 0.231. The standard InChI is InChI=1S/C13H16N2O4S/c1-2-18-12-6-4-3-5-11(12)15-20(16,17)13-8-7-10(9-14)19-13/h3-8,15H,2,9,14H2,1H3. The molecule has 1 aromatic heterocycles. The Balaban J connectivity index is 2.28. The van der Waals surface area contributed by atoms with E-state index < -0.39 is 10.0 Å². The van der Waals surface area contributed by atoms with Crippen molar-refractivity contribution in [2.45, 2.75) is 18.6 Å². The summed E-state index contributed by atoms with van der Waals surface area (Å²) < 4.78 is 37.3. The molecule has 0 aliphatic rings. The van der Waals surface area contributed by atoms with Gasteiger partial charge >= 0.3 is 0 Å². The molecule has 7 heteroatoms. The molecule has 2 aromatic rings. The van der Waals surface area contributed by atoms with Gasteiger partial charge in [-0.1, -0.05) is 12.1 Å². The van der Waals surface area contributed by atoms with Crippen LogP contribution in [0.3, 0.4) is 0 Å². The van der Waals surface area contributed by atoms with Crippen molar-refractivity contribution in [3.8, 4) is 5.75 Å². The minimum atomic E-state index is -3.80. The molecular formula is C13H16N2O4S. The molecule has 0 unspecified atom stereocenters. The first-order valence-electron chi connectivity index (χ1n) is 6.10. The minimum absolute atomic E-state index is 0.144. The molecule has 1 heterocycles. The summed E-state index contributed by atoms with van der Waals surface area (Å²) in [5, 5.41) is -0.177. The van der Waals surface area contributed by atoms with Crippen LogP contribution in [0.5, 0.6) is 5.75 Å². The molecule has 6 nitrogen and oxygen atoms in total. The Morgan fingerprint density at radius 3 is 2.65 bits per heavy atom. The maximum atomic E-state index is 12.2. The summed E-state index contributed by atoms with van der Waals surface area (Å²) in [5.74, 6) is 0.868. The van der Waals surface area contributed by atoms with Gasteiger partial charge in [-0.05, 0) is 31.2 Å². The van der Waals surface area contributed by atoms with Crippen LogP contribution >= 0.6 is 0 Å². The van der Waals surface area contributed by atoms with Gasteiger partial charge in [-0.25, -0.2) is 0 Å². The summed E-state index contributed by atoms with van der Waals surface area (Å²) in [6.07, 6.45) is 0. The highest BCUT2D eigenvalue weighted by molar-refractivity contribution is 7.92. The normalized spacial score (nSPS) is 11.3. The summed E-state index contributed by atoms with van der Waals surface area (Å²) in [4.78, 5) is 0. The van der Waals surface area contributed by atoms with Crippen molar-refractivity contribution < 1.29 is 17.6 Å². The topological polar surface area (TPSA) is 94.6 Å². The number of para-hydroxylation sites is 2. The van der Waals surface area contributed by atoms with E-state index in [4.69, 9.17) is 14.9 Å². The number of furan rings is 1. The predicted molar refractivity (Wildman–Crippen MR) is 75.0 cm³/mol. The molecule has 0 aliphatic heterocycles. The molecule has 2 rings (SSSR count). The number of nitrogens with one attached hydrogen (secondary N) is 1. The van der Waals surface area contributed by atoms with Gasteiger partial charge in [0.2, 0.25) is 5.09 Å². The average molecular weight is 296 g/mol. The van der Waals surface area contributed by atoms with Crippen LogP contribution in [0.25, 0.3) is 0 Å². The lowest BCUT2D eigenvalue weighted by Gasteiger charge is -2.11. The molecule has 3 N–H and O–H groups in total. The fourth-order valence-corrected chi connectivity index (χ4v) is 2.66. The maximum absolute atomic E-state index is 12.2. The molecule has 0 radical (unpaired) electrons. The third kappa shape index (κ3) is 3.12. The van der Waals surface area contributed by atoms with Gasteiger partial charge in [0.1, 0.15) is 11.5 Å². The van der Waals surface area contributed by atoms with Crippen LogP contribution in [0.15, 0.2) is 45.9 Å². The van der Waals surface area contributed by atoms with Crippen molar-refractivity contribution in [1.82, 2.24) is 0 Å². The smallest absolute Gasteiger partial charge is 0.295 e. The molecule has 0 fully saturated rings. The highest BCUT2D eigenvalue weighted by Crippen LogP contribution is 2.27. The van der Waals surface area contributed by atoms with Gasteiger partial charge in [0.15, 0.2) is 0 Å². The van der Waals surface area contributed by atoms with Crippen molar-refractivity contribution in [2.24, 2.45) is 5.73 Å². The second kappa shape index (κ2) is 5.98. The van der Waals surface area contributed by atoms with Crippen molar-refractivity contribution in [1.29, 1.82) is 0 Å². The number of sulfonamides is 1. The van der Waals surface area contributed by atoms with E-state index in [2.05, 4.69) is 4.72 Å². The van der Waals surface area contributed by atoms with Crippen molar-refractivity contribution >= 4 is 15.7 Å². The average Bonchev–Trinajstić information content (AvgIpc) is 2.91. The first kappa shape index (κ1) is 14.4. The Morgan fingerprint density at radius 2 is 2.00 bits per heavy atom. The van der Waals surface area contributed by atoms with Crippen LogP contribution in [-0.2, 0) is 16.6 Å². The number of ether oxygens (including phenoxy) is 1. The number of rotatable bonds is 6. The summed E-state index contributed by atoms with van der Waals surface area (Å²) >= 11 is 0. The Bertz CT molecular complexity index is 679. The largest absolute Gasteiger partial charge is 0.492 e. The number of hydrogen-bond acceptors (Lipinski definition) is 5. The first-order valence-corrected chi connectivity index (χ1v) is 7.58. The van der Waals surface area contributed by atoms with E-state index in [0.717, 1.165) is 0 Å².